The fourth-order valence-corrected chi connectivity index (χ4v) is 2.15. The molecule has 0 radical (unpaired) electrons. The average molecular weight is 359 g/mol. The summed E-state index contributed by atoms with van der Waals surface area (Å²) < 4.78 is 0. The van der Waals surface area contributed by atoms with E-state index < -0.39 is 0 Å². The molecule has 0 spiro atoms. The molecule has 0 fully saturated rings. The van der Waals surface area contributed by atoms with Gasteiger partial charge < -0.3 is 5.32 Å². The van der Waals surface area contributed by atoms with Gasteiger partial charge in [-0.25, -0.2) is 5.43 Å². The minimum Gasteiger partial charge on any atom is -0.352 e. The molecule has 2 aromatic rings. The quantitative estimate of drug-likeness (QED) is 0.589. The lowest BCUT2D eigenvalue weighted by Crippen LogP contribution is -2.26. The normalized spacial score (nSPS) is 11.0. The van der Waals surface area contributed by atoms with E-state index in [9.17, 15) is 9.59 Å². The van der Waals surface area contributed by atoms with Crippen molar-refractivity contribution in [3.05, 3.63) is 64.9 Å². The highest BCUT2D eigenvalue weighted by molar-refractivity contribution is 6.30. The Morgan fingerprint density at radius 2 is 1.88 bits per heavy atom. The highest BCUT2D eigenvalue weighted by Gasteiger charge is 2.06. The van der Waals surface area contributed by atoms with Gasteiger partial charge in [0.05, 0.1) is 12.8 Å². The highest BCUT2D eigenvalue weighted by Crippen LogP contribution is 2.09. The second-order valence-corrected chi connectivity index (χ2v) is 5.94. The summed E-state index contributed by atoms with van der Waals surface area (Å²) in [6.45, 7) is 2.09. The topological polar surface area (TPSA) is 83.4 Å². The summed E-state index contributed by atoms with van der Waals surface area (Å²) >= 11 is 5.80. The van der Waals surface area contributed by atoms with Gasteiger partial charge in [0, 0.05) is 29.7 Å². The molecule has 2 N–H and O–H groups in total. The molecule has 0 atom stereocenters. The van der Waals surface area contributed by atoms with Crippen LogP contribution in [-0.2, 0) is 22.6 Å². The first-order valence-electron chi connectivity index (χ1n) is 7.75. The number of aromatic nitrogens is 1. The van der Waals surface area contributed by atoms with Gasteiger partial charge in [-0.15, -0.1) is 0 Å². The minimum absolute atomic E-state index is 0.113. The molecule has 2 amide bonds. The van der Waals surface area contributed by atoms with Crippen LogP contribution in [0.5, 0.6) is 0 Å². The Morgan fingerprint density at radius 3 is 2.56 bits per heavy atom. The van der Waals surface area contributed by atoms with Gasteiger partial charge in [-0.05, 0) is 36.2 Å². The number of amides is 2. The van der Waals surface area contributed by atoms with Crippen molar-refractivity contribution in [2.24, 2.45) is 5.10 Å². The molecular formula is C18H19ClN4O2. The van der Waals surface area contributed by atoms with E-state index in [0.29, 0.717) is 17.3 Å². The van der Waals surface area contributed by atoms with E-state index in [0.717, 1.165) is 11.1 Å². The van der Waals surface area contributed by atoms with Crippen LogP contribution in [-0.4, -0.2) is 22.5 Å². The molecule has 0 unspecified atom stereocenters. The Kier molecular flexibility index (Phi) is 7.10. The number of halogens is 1. The van der Waals surface area contributed by atoms with Crippen LogP contribution in [0.2, 0.25) is 5.02 Å². The number of carbonyl (C=O) groups is 2. The molecule has 6 nitrogen and oxygen atoms in total. The van der Waals surface area contributed by atoms with E-state index in [-0.39, 0.29) is 24.7 Å². The number of hydrogen-bond acceptors (Lipinski definition) is 4. The van der Waals surface area contributed by atoms with Crippen molar-refractivity contribution in [2.75, 3.05) is 0 Å². The van der Waals surface area contributed by atoms with Gasteiger partial charge in [0.2, 0.25) is 11.8 Å². The maximum absolute atomic E-state index is 11.9. The second-order valence-electron chi connectivity index (χ2n) is 5.50. The second kappa shape index (κ2) is 9.54. The van der Waals surface area contributed by atoms with Crippen LogP contribution in [0.1, 0.15) is 24.5 Å². The van der Waals surface area contributed by atoms with Crippen LogP contribution in [0.4, 0.5) is 0 Å². The number of nitrogens with one attached hydrogen (secondary N) is 2. The summed E-state index contributed by atoms with van der Waals surface area (Å²) in [4.78, 5) is 27.7. The summed E-state index contributed by atoms with van der Waals surface area (Å²) in [7, 11) is 0. The maximum Gasteiger partial charge on any atom is 0.244 e. The fraction of sp³-hybridized carbons (Fsp3) is 0.222. The molecule has 0 aliphatic rings. The molecule has 1 heterocycles. The van der Waals surface area contributed by atoms with E-state index in [1.165, 1.54) is 0 Å². The largest absolute Gasteiger partial charge is 0.352 e. The molecule has 1 aromatic heterocycles. The zero-order valence-corrected chi connectivity index (χ0v) is 14.6. The Balaban J connectivity index is 1.73. The molecule has 0 aliphatic carbocycles. The third-order valence-corrected chi connectivity index (χ3v) is 3.53. The van der Waals surface area contributed by atoms with E-state index in [2.05, 4.69) is 20.8 Å². The first-order valence-corrected chi connectivity index (χ1v) is 8.13. The van der Waals surface area contributed by atoms with Crippen molar-refractivity contribution < 1.29 is 9.59 Å². The molecule has 7 heteroatoms. The van der Waals surface area contributed by atoms with Gasteiger partial charge in [-0.1, -0.05) is 29.8 Å². The molecule has 130 valence electrons. The maximum atomic E-state index is 11.9. The summed E-state index contributed by atoms with van der Waals surface area (Å²) in [5, 5.41) is 7.35. The van der Waals surface area contributed by atoms with Crippen molar-refractivity contribution in [2.45, 2.75) is 26.3 Å². The number of carbonyl (C=O) groups excluding carboxylic acids is 2. The number of pyridine rings is 1. The molecule has 0 saturated heterocycles. The van der Waals surface area contributed by atoms with Crippen LogP contribution in [0.25, 0.3) is 0 Å². The van der Waals surface area contributed by atoms with Crippen LogP contribution < -0.4 is 10.7 Å². The van der Waals surface area contributed by atoms with Crippen molar-refractivity contribution in [1.29, 1.82) is 0 Å². The van der Waals surface area contributed by atoms with Crippen LogP contribution in [0.3, 0.4) is 0 Å². The third-order valence-electron chi connectivity index (χ3n) is 3.28. The lowest BCUT2D eigenvalue weighted by atomic mass is 10.1. The standard InChI is InChI=1S/C18H19ClN4O2/c1-13(9-17(24)21-12-15-3-2-8-20-11-15)22-23-18(25)10-14-4-6-16(19)7-5-14/h2-8,11H,9-10,12H2,1H3,(H,21,24)(H,23,25)/b22-13-. The number of benzene rings is 1. The van der Waals surface area contributed by atoms with E-state index >= 15 is 0 Å². The number of hydrogen-bond donors (Lipinski definition) is 2. The zero-order valence-electron chi connectivity index (χ0n) is 13.8. The fourth-order valence-electron chi connectivity index (χ4n) is 2.02. The van der Waals surface area contributed by atoms with Gasteiger partial charge in [-0.3, -0.25) is 14.6 Å². The lowest BCUT2D eigenvalue weighted by molar-refractivity contribution is -0.121. The SMILES string of the molecule is C/C(CC(=O)NCc1cccnc1)=N/NC(=O)Cc1ccc(Cl)cc1. The summed E-state index contributed by atoms with van der Waals surface area (Å²) in [6, 6.07) is 10.7. The van der Waals surface area contributed by atoms with Crippen LogP contribution in [0.15, 0.2) is 53.9 Å². The average Bonchev–Trinajstić information content (AvgIpc) is 2.61. The Bertz CT molecular complexity index is 745. The molecule has 1 aromatic carbocycles. The Labute approximate surface area is 151 Å². The molecule has 25 heavy (non-hydrogen) atoms. The predicted molar refractivity (Wildman–Crippen MR) is 97.1 cm³/mol. The Morgan fingerprint density at radius 1 is 1.12 bits per heavy atom. The number of nitrogens with zero attached hydrogens (tertiary/aromatic N) is 2. The van der Waals surface area contributed by atoms with Gasteiger partial charge in [0.25, 0.3) is 0 Å². The van der Waals surface area contributed by atoms with Gasteiger partial charge in [-0.2, -0.15) is 5.10 Å². The molecule has 0 aliphatic heterocycles. The van der Waals surface area contributed by atoms with Gasteiger partial charge >= 0.3 is 0 Å². The van der Waals surface area contributed by atoms with E-state index in [4.69, 9.17) is 11.6 Å². The summed E-state index contributed by atoms with van der Waals surface area (Å²) in [6.07, 6.45) is 3.68. The molecule has 0 saturated carbocycles. The van der Waals surface area contributed by atoms with Crippen LogP contribution >= 0.6 is 11.6 Å². The van der Waals surface area contributed by atoms with Crippen LogP contribution in [0, 0.1) is 0 Å². The molecule has 2 rings (SSSR count). The minimum atomic E-state index is -0.252. The predicted octanol–water partition coefficient (Wildman–Crippen LogP) is 2.48. The zero-order chi connectivity index (χ0) is 18.1. The summed E-state index contributed by atoms with van der Waals surface area (Å²) in [5.41, 5.74) is 4.73. The van der Waals surface area contributed by atoms with Crippen molar-refractivity contribution in [3.63, 3.8) is 0 Å². The molecule has 0 bridgehead atoms. The van der Waals surface area contributed by atoms with Gasteiger partial charge in [0.1, 0.15) is 0 Å². The van der Waals surface area contributed by atoms with E-state index in [1.54, 1.807) is 43.6 Å². The number of rotatable bonds is 7. The third kappa shape index (κ3) is 7.14. The first-order chi connectivity index (χ1) is 12.0. The van der Waals surface area contributed by atoms with Gasteiger partial charge in [0.15, 0.2) is 0 Å². The monoisotopic (exact) mass is 358 g/mol. The smallest absolute Gasteiger partial charge is 0.244 e. The number of hydrazone groups is 1. The summed E-state index contributed by atoms with van der Waals surface area (Å²) in [5.74, 6) is -0.422. The Hall–Kier alpha value is -2.73. The molecular weight excluding hydrogens is 340 g/mol. The first kappa shape index (κ1) is 18.6. The van der Waals surface area contributed by atoms with E-state index in [1.807, 2.05) is 12.1 Å². The van der Waals surface area contributed by atoms with Crippen molar-refractivity contribution in [3.8, 4) is 0 Å². The van der Waals surface area contributed by atoms with Crippen molar-refractivity contribution in [1.82, 2.24) is 15.7 Å². The lowest BCUT2D eigenvalue weighted by Gasteiger charge is -2.05. The highest BCUT2D eigenvalue weighted by atomic mass is 35.5. The van der Waals surface area contributed by atoms with Crippen molar-refractivity contribution >= 4 is 29.1 Å².